The average Bonchev–Trinajstić information content (AvgIpc) is 2.98. The van der Waals surface area contributed by atoms with Gasteiger partial charge in [-0.2, -0.15) is 0 Å². The van der Waals surface area contributed by atoms with Gasteiger partial charge in [0.05, 0.1) is 5.69 Å². The lowest BCUT2D eigenvalue weighted by Gasteiger charge is -2.22. The maximum atomic E-state index is 13.3. The summed E-state index contributed by atoms with van der Waals surface area (Å²) < 4.78 is 13.3. The molecule has 132 valence electrons. The Kier molecular flexibility index (Phi) is 4.88. The summed E-state index contributed by atoms with van der Waals surface area (Å²) in [6.45, 7) is 3.84. The van der Waals surface area contributed by atoms with Crippen molar-refractivity contribution in [3.63, 3.8) is 0 Å². The summed E-state index contributed by atoms with van der Waals surface area (Å²) in [5, 5.41) is 3.42. The summed E-state index contributed by atoms with van der Waals surface area (Å²) in [6, 6.07) is 18.5. The minimum Gasteiger partial charge on any atom is -0.355 e. The summed E-state index contributed by atoms with van der Waals surface area (Å²) in [6.07, 6.45) is 1.08. The fraction of sp³-hybridized carbons (Fsp3) is 0.238. The molecule has 1 N–H and O–H groups in total. The van der Waals surface area contributed by atoms with E-state index in [0.29, 0.717) is 5.82 Å². The van der Waals surface area contributed by atoms with E-state index in [2.05, 4.69) is 10.2 Å². The van der Waals surface area contributed by atoms with Crippen molar-refractivity contribution in [3.05, 3.63) is 66.5 Å². The highest BCUT2D eigenvalue weighted by atomic mass is 19.1. The van der Waals surface area contributed by atoms with Gasteiger partial charge in [-0.25, -0.2) is 14.4 Å². The van der Waals surface area contributed by atoms with E-state index in [1.165, 1.54) is 12.1 Å². The number of benzene rings is 2. The molecule has 0 radical (unpaired) electrons. The van der Waals surface area contributed by atoms with Crippen LogP contribution in [0.3, 0.4) is 0 Å². The minimum atomic E-state index is -0.258. The van der Waals surface area contributed by atoms with Crippen LogP contribution in [0, 0.1) is 5.82 Å². The third-order valence-electron chi connectivity index (χ3n) is 4.55. The number of hydrogen-bond donors (Lipinski definition) is 1. The molecule has 0 unspecified atom stereocenters. The first-order valence-corrected chi connectivity index (χ1v) is 8.96. The quantitative estimate of drug-likeness (QED) is 0.783. The second-order valence-electron chi connectivity index (χ2n) is 6.40. The smallest absolute Gasteiger partial charge is 0.162 e. The molecule has 1 aliphatic heterocycles. The van der Waals surface area contributed by atoms with Gasteiger partial charge in [0.1, 0.15) is 11.6 Å². The van der Waals surface area contributed by atoms with Crippen molar-refractivity contribution >= 4 is 5.82 Å². The van der Waals surface area contributed by atoms with Crippen molar-refractivity contribution < 1.29 is 4.39 Å². The molecule has 0 spiro atoms. The topological polar surface area (TPSA) is 41.1 Å². The zero-order valence-corrected chi connectivity index (χ0v) is 14.5. The summed E-state index contributed by atoms with van der Waals surface area (Å²) in [4.78, 5) is 11.8. The van der Waals surface area contributed by atoms with Crippen molar-refractivity contribution in [1.82, 2.24) is 15.3 Å². The maximum Gasteiger partial charge on any atom is 0.162 e. The molecule has 1 saturated heterocycles. The molecule has 1 aliphatic rings. The Bertz CT molecular complexity index is 857. The fourth-order valence-electron chi connectivity index (χ4n) is 3.16. The van der Waals surface area contributed by atoms with Crippen LogP contribution in [0.15, 0.2) is 60.7 Å². The third-order valence-corrected chi connectivity index (χ3v) is 4.55. The number of hydrogen-bond acceptors (Lipinski definition) is 4. The molecule has 1 fully saturated rings. The lowest BCUT2D eigenvalue weighted by atomic mass is 10.1. The van der Waals surface area contributed by atoms with E-state index in [4.69, 9.17) is 9.97 Å². The Labute approximate surface area is 152 Å². The van der Waals surface area contributed by atoms with Crippen molar-refractivity contribution in [3.8, 4) is 22.6 Å². The molecule has 0 amide bonds. The second-order valence-corrected chi connectivity index (χ2v) is 6.40. The van der Waals surface area contributed by atoms with Crippen LogP contribution in [0.4, 0.5) is 10.2 Å². The molecule has 0 atom stereocenters. The molecule has 2 heterocycles. The molecule has 0 bridgehead atoms. The van der Waals surface area contributed by atoms with Crippen molar-refractivity contribution in [2.75, 3.05) is 31.1 Å². The van der Waals surface area contributed by atoms with Crippen LogP contribution in [-0.2, 0) is 0 Å². The van der Waals surface area contributed by atoms with E-state index in [1.54, 1.807) is 12.1 Å². The van der Waals surface area contributed by atoms with Crippen LogP contribution >= 0.6 is 0 Å². The lowest BCUT2D eigenvalue weighted by Crippen LogP contribution is -2.28. The van der Waals surface area contributed by atoms with Crippen molar-refractivity contribution in [2.24, 2.45) is 0 Å². The first kappa shape index (κ1) is 16.7. The highest BCUT2D eigenvalue weighted by molar-refractivity contribution is 5.67. The van der Waals surface area contributed by atoms with Gasteiger partial charge in [0, 0.05) is 36.8 Å². The molecule has 26 heavy (non-hydrogen) atoms. The van der Waals surface area contributed by atoms with Gasteiger partial charge in [-0.1, -0.05) is 30.3 Å². The number of aromatic nitrogens is 2. The van der Waals surface area contributed by atoms with Crippen LogP contribution in [0.2, 0.25) is 0 Å². The van der Waals surface area contributed by atoms with E-state index in [-0.39, 0.29) is 5.82 Å². The number of rotatable bonds is 3. The molecule has 0 aliphatic carbocycles. The zero-order valence-electron chi connectivity index (χ0n) is 14.5. The Morgan fingerprint density at radius 1 is 0.846 bits per heavy atom. The van der Waals surface area contributed by atoms with Crippen LogP contribution in [0.1, 0.15) is 6.42 Å². The Balaban J connectivity index is 1.80. The largest absolute Gasteiger partial charge is 0.355 e. The fourth-order valence-corrected chi connectivity index (χ4v) is 3.16. The summed E-state index contributed by atoms with van der Waals surface area (Å²) >= 11 is 0. The van der Waals surface area contributed by atoms with Crippen molar-refractivity contribution in [2.45, 2.75) is 6.42 Å². The highest BCUT2D eigenvalue weighted by Gasteiger charge is 2.15. The zero-order chi connectivity index (χ0) is 17.8. The van der Waals surface area contributed by atoms with Gasteiger partial charge in [-0.3, -0.25) is 0 Å². The van der Waals surface area contributed by atoms with Gasteiger partial charge in [-0.15, -0.1) is 0 Å². The highest BCUT2D eigenvalue weighted by Crippen LogP contribution is 2.26. The standard InChI is InChI=1S/C21H21FN4/c22-18-9-7-17(8-10-18)21-24-19(16-5-2-1-3-6-16)15-20(25-21)26-13-4-11-23-12-14-26/h1-3,5-10,15,23H,4,11-14H2. The summed E-state index contributed by atoms with van der Waals surface area (Å²) in [5.41, 5.74) is 2.75. The van der Waals surface area contributed by atoms with Crippen LogP contribution < -0.4 is 10.2 Å². The van der Waals surface area contributed by atoms with Gasteiger partial charge >= 0.3 is 0 Å². The second kappa shape index (κ2) is 7.62. The Morgan fingerprint density at radius 2 is 1.65 bits per heavy atom. The monoisotopic (exact) mass is 348 g/mol. The SMILES string of the molecule is Fc1ccc(-c2nc(-c3ccccc3)cc(N3CCCNCC3)n2)cc1. The van der Waals surface area contributed by atoms with Gasteiger partial charge in [0.25, 0.3) is 0 Å². The molecule has 4 nitrogen and oxygen atoms in total. The molecule has 1 aromatic heterocycles. The molecule has 5 heteroatoms. The van der Waals surface area contributed by atoms with Crippen LogP contribution in [0.5, 0.6) is 0 Å². The Morgan fingerprint density at radius 3 is 2.46 bits per heavy atom. The summed E-state index contributed by atoms with van der Waals surface area (Å²) in [5.74, 6) is 1.28. The number of nitrogens with zero attached hydrogens (tertiary/aromatic N) is 3. The van der Waals surface area contributed by atoms with Gasteiger partial charge in [0.15, 0.2) is 5.82 Å². The average molecular weight is 348 g/mol. The van der Waals surface area contributed by atoms with E-state index in [0.717, 1.165) is 55.2 Å². The number of nitrogens with one attached hydrogen (secondary N) is 1. The van der Waals surface area contributed by atoms with E-state index < -0.39 is 0 Å². The predicted octanol–water partition coefficient (Wildman–Crippen LogP) is 3.75. The predicted molar refractivity (Wildman–Crippen MR) is 103 cm³/mol. The van der Waals surface area contributed by atoms with E-state index >= 15 is 0 Å². The van der Waals surface area contributed by atoms with Gasteiger partial charge in [0.2, 0.25) is 0 Å². The molecule has 4 rings (SSSR count). The van der Waals surface area contributed by atoms with E-state index in [1.807, 2.05) is 36.4 Å². The van der Waals surface area contributed by atoms with Crippen molar-refractivity contribution in [1.29, 1.82) is 0 Å². The lowest BCUT2D eigenvalue weighted by molar-refractivity contribution is 0.628. The first-order valence-electron chi connectivity index (χ1n) is 8.96. The first-order chi connectivity index (χ1) is 12.8. The molecule has 0 saturated carbocycles. The van der Waals surface area contributed by atoms with Gasteiger partial charge < -0.3 is 10.2 Å². The maximum absolute atomic E-state index is 13.3. The molecule has 3 aromatic rings. The number of anilines is 1. The Hall–Kier alpha value is -2.79. The molecular weight excluding hydrogens is 327 g/mol. The minimum absolute atomic E-state index is 0.258. The molecular formula is C21H21FN4. The van der Waals surface area contributed by atoms with Crippen LogP contribution in [-0.4, -0.2) is 36.1 Å². The normalized spacial score (nSPS) is 14.9. The van der Waals surface area contributed by atoms with Gasteiger partial charge in [-0.05, 0) is 37.2 Å². The number of halogens is 1. The van der Waals surface area contributed by atoms with E-state index in [9.17, 15) is 4.39 Å². The summed E-state index contributed by atoms with van der Waals surface area (Å²) in [7, 11) is 0. The van der Waals surface area contributed by atoms with Crippen LogP contribution in [0.25, 0.3) is 22.6 Å². The third kappa shape index (κ3) is 3.73. The molecule has 2 aromatic carbocycles.